The van der Waals surface area contributed by atoms with Gasteiger partial charge in [0.2, 0.25) is 0 Å². The van der Waals surface area contributed by atoms with Crippen LogP contribution >= 0.6 is 0 Å². The zero-order chi connectivity index (χ0) is 14.8. The number of nitrogens with one attached hydrogen (secondary N) is 1. The standard InChI is InChI=1S/C14H21N3O3/c1-3-15-12-5-4-11(8-13(12)17(19)20)9-16-7-6-14(2,18)10-16/h4-5,8,15,18H,3,6-7,9-10H2,1-2H3. The minimum Gasteiger partial charge on any atom is -0.389 e. The molecule has 1 aliphatic heterocycles. The van der Waals surface area contributed by atoms with Gasteiger partial charge in [0.15, 0.2) is 0 Å². The number of likely N-dealkylation sites (tertiary alicyclic amines) is 1. The fourth-order valence-electron chi connectivity index (χ4n) is 2.60. The van der Waals surface area contributed by atoms with E-state index in [1.807, 2.05) is 19.9 Å². The molecule has 6 heteroatoms. The summed E-state index contributed by atoms with van der Waals surface area (Å²) in [5, 5.41) is 24.0. The predicted molar refractivity (Wildman–Crippen MR) is 77.8 cm³/mol. The summed E-state index contributed by atoms with van der Waals surface area (Å²) in [4.78, 5) is 12.9. The highest BCUT2D eigenvalue weighted by Crippen LogP contribution is 2.27. The maximum Gasteiger partial charge on any atom is 0.292 e. The fraction of sp³-hybridized carbons (Fsp3) is 0.571. The molecule has 20 heavy (non-hydrogen) atoms. The smallest absolute Gasteiger partial charge is 0.292 e. The molecule has 0 aromatic heterocycles. The van der Waals surface area contributed by atoms with Gasteiger partial charge < -0.3 is 10.4 Å². The number of benzene rings is 1. The first kappa shape index (κ1) is 14.7. The quantitative estimate of drug-likeness (QED) is 0.636. The summed E-state index contributed by atoms with van der Waals surface area (Å²) in [7, 11) is 0. The van der Waals surface area contributed by atoms with E-state index in [0.717, 1.165) is 18.5 Å². The fourth-order valence-corrected chi connectivity index (χ4v) is 2.60. The van der Waals surface area contributed by atoms with E-state index in [1.165, 1.54) is 0 Å². The van der Waals surface area contributed by atoms with Gasteiger partial charge in [0.05, 0.1) is 10.5 Å². The molecule has 1 saturated heterocycles. The number of nitro benzene ring substituents is 1. The van der Waals surface area contributed by atoms with Crippen LogP contribution in [0.1, 0.15) is 25.8 Å². The lowest BCUT2D eigenvalue weighted by Gasteiger charge is -2.19. The third-order valence-corrected chi connectivity index (χ3v) is 3.56. The lowest BCUT2D eigenvalue weighted by atomic mass is 10.1. The Morgan fingerprint density at radius 3 is 2.85 bits per heavy atom. The number of hydrogen-bond acceptors (Lipinski definition) is 5. The third-order valence-electron chi connectivity index (χ3n) is 3.56. The van der Waals surface area contributed by atoms with Gasteiger partial charge in [-0.2, -0.15) is 0 Å². The van der Waals surface area contributed by atoms with Crippen molar-refractivity contribution in [3.63, 3.8) is 0 Å². The van der Waals surface area contributed by atoms with E-state index in [4.69, 9.17) is 0 Å². The molecule has 1 aromatic carbocycles. The van der Waals surface area contributed by atoms with Crippen LogP contribution in [0.4, 0.5) is 11.4 Å². The molecule has 2 rings (SSSR count). The third kappa shape index (κ3) is 3.46. The Hall–Kier alpha value is -1.66. The SMILES string of the molecule is CCNc1ccc(CN2CCC(C)(O)C2)cc1[N+](=O)[O-]. The molecule has 1 aromatic rings. The van der Waals surface area contributed by atoms with Crippen molar-refractivity contribution in [3.05, 3.63) is 33.9 Å². The van der Waals surface area contributed by atoms with Crippen LogP contribution < -0.4 is 5.32 Å². The molecular formula is C14H21N3O3. The minimum absolute atomic E-state index is 0.107. The van der Waals surface area contributed by atoms with Crippen LogP contribution in [0.5, 0.6) is 0 Å². The molecule has 1 aliphatic rings. The van der Waals surface area contributed by atoms with Crippen molar-refractivity contribution in [1.82, 2.24) is 4.90 Å². The maximum atomic E-state index is 11.1. The van der Waals surface area contributed by atoms with Crippen molar-refractivity contribution >= 4 is 11.4 Å². The van der Waals surface area contributed by atoms with E-state index in [1.54, 1.807) is 12.1 Å². The van der Waals surface area contributed by atoms with Gasteiger partial charge >= 0.3 is 0 Å². The Balaban J connectivity index is 2.13. The summed E-state index contributed by atoms with van der Waals surface area (Å²) in [6.07, 6.45) is 0.741. The molecule has 0 saturated carbocycles. The first-order valence-electron chi connectivity index (χ1n) is 6.87. The number of nitrogens with zero attached hydrogens (tertiary/aromatic N) is 2. The van der Waals surface area contributed by atoms with E-state index in [-0.39, 0.29) is 10.6 Å². The Morgan fingerprint density at radius 1 is 1.55 bits per heavy atom. The molecule has 0 amide bonds. The average Bonchev–Trinajstić information content (AvgIpc) is 2.70. The number of rotatable bonds is 5. The van der Waals surface area contributed by atoms with Gasteiger partial charge in [-0.3, -0.25) is 15.0 Å². The maximum absolute atomic E-state index is 11.1. The van der Waals surface area contributed by atoms with Crippen molar-refractivity contribution in [3.8, 4) is 0 Å². The van der Waals surface area contributed by atoms with Gasteiger partial charge in [-0.15, -0.1) is 0 Å². The van der Waals surface area contributed by atoms with Crippen LogP contribution in [0.15, 0.2) is 18.2 Å². The molecule has 2 N–H and O–H groups in total. The highest BCUT2D eigenvalue weighted by molar-refractivity contribution is 5.62. The molecule has 1 atom stereocenters. The average molecular weight is 279 g/mol. The van der Waals surface area contributed by atoms with E-state index < -0.39 is 5.60 Å². The highest BCUT2D eigenvalue weighted by atomic mass is 16.6. The minimum atomic E-state index is -0.643. The first-order chi connectivity index (χ1) is 9.41. The summed E-state index contributed by atoms with van der Waals surface area (Å²) >= 11 is 0. The second-order valence-electron chi connectivity index (χ2n) is 5.60. The van der Waals surface area contributed by atoms with Gasteiger partial charge in [-0.1, -0.05) is 6.07 Å². The number of anilines is 1. The second kappa shape index (κ2) is 5.76. The van der Waals surface area contributed by atoms with Crippen LogP contribution in [0.3, 0.4) is 0 Å². The monoisotopic (exact) mass is 279 g/mol. The van der Waals surface area contributed by atoms with Crippen LogP contribution in [-0.2, 0) is 6.54 Å². The van der Waals surface area contributed by atoms with Crippen molar-refractivity contribution in [2.45, 2.75) is 32.4 Å². The molecule has 1 unspecified atom stereocenters. The summed E-state index contributed by atoms with van der Waals surface area (Å²) < 4.78 is 0. The summed E-state index contributed by atoms with van der Waals surface area (Å²) in [6.45, 7) is 6.43. The number of nitro groups is 1. The van der Waals surface area contributed by atoms with Gasteiger partial charge in [0, 0.05) is 32.2 Å². The zero-order valence-electron chi connectivity index (χ0n) is 11.9. The first-order valence-corrected chi connectivity index (χ1v) is 6.87. The molecule has 110 valence electrons. The summed E-state index contributed by atoms with van der Waals surface area (Å²) in [5.41, 5.74) is 0.913. The summed E-state index contributed by atoms with van der Waals surface area (Å²) in [6, 6.07) is 5.27. The van der Waals surface area contributed by atoms with E-state index in [0.29, 0.717) is 25.3 Å². The van der Waals surface area contributed by atoms with Crippen molar-refractivity contribution in [2.75, 3.05) is 25.0 Å². The zero-order valence-corrected chi connectivity index (χ0v) is 11.9. The van der Waals surface area contributed by atoms with Crippen LogP contribution in [0.2, 0.25) is 0 Å². The highest BCUT2D eigenvalue weighted by Gasteiger charge is 2.31. The van der Waals surface area contributed by atoms with E-state index in [9.17, 15) is 15.2 Å². The van der Waals surface area contributed by atoms with Crippen LogP contribution in [0, 0.1) is 10.1 Å². The van der Waals surface area contributed by atoms with Gasteiger partial charge in [0.1, 0.15) is 5.69 Å². The van der Waals surface area contributed by atoms with Crippen molar-refractivity contribution in [2.24, 2.45) is 0 Å². The Bertz CT molecular complexity index is 502. The number of aliphatic hydroxyl groups is 1. The Labute approximate surface area is 118 Å². The topological polar surface area (TPSA) is 78.6 Å². The molecule has 0 spiro atoms. The van der Waals surface area contributed by atoms with Crippen molar-refractivity contribution < 1.29 is 10.0 Å². The largest absolute Gasteiger partial charge is 0.389 e. The number of hydrogen-bond donors (Lipinski definition) is 2. The van der Waals surface area contributed by atoms with E-state index in [2.05, 4.69) is 10.2 Å². The second-order valence-corrected chi connectivity index (χ2v) is 5.60. The molecular weight excluding hydrogens is 258 g/mol. The molecule has 1 heterocycles. The molecule has 0 aliphatic carbocycles. The Kier molecular flexibility index (Phi) is 4.25. The predicted octanol–water partition coefficient (Wildman–Crippen LogP) is 1.98. The molecule has 6 nitrogen and oxygen atoms in total. The van der Waals surface area contributed by atoms with Gasteiger partial charge in [-0.05, 0) is 31.9 Å². The number of β-amino-alcohol motifs (C(OH)–C–C–N with tert-alkyl or cyclic N) is 1. The van der Waals surface area contributed by atoms with Crippen molar-refractivity contribution in [1.29, 1.82) is 0 Å². The normalized spacial score (nSPS) is 22.9. The molecule has 0 bridgehead atoms. The lowest BCUT2D eigenvalue weighted by molar-refractivity contribution is -0.384. The summed E-state index contributed by atoms with van der Waals surface area (Å²) in [5.74, 6) is 0. The molecule has 0 radical (unpaired) electrons. The lowest BCUT2D eigenvalue weighted by Crippen LogP contribution is -2.29. The molecule has 1 fully saturated rings. The van der Waals surface area contributed by atoms with E-state index >= 15 is 0 Å². The van der Waals surface area contributed by atoms with Crippen LogP contribution in [-0.4, -0.2) is 40.2 Å². The van der Waals surface area contributed by atoms with Gasteiger partial charge in [-0.25, -0.2) is 0 Å². The Morgan fingerprint density at radius 2 is 2.30 bits per heavy atom. The van der Waals surface area contributed by atoms with Gasteiger partial charge in [0.25, 0.3) is 5.69 Å². The van der Waals surface area contributed by atoms with Crippen LogP contribution in [0.25, 0.3) is 0 Å².